The first kappa shape index (κ1) is 22.9. The van der Waals surface area contributed by atoms with Crippen molar-refractivity contribution in [1.82, 2.24) is 9.80 Å². The molecule has 1 saturated carbocycles. The third-order valence-electron chi connectivity index (χ3n) is 6.85. The van der Waals surface area contributed by atoms with Crippen LogP contribution >= 0.6 is 23.2 Å². The summed E-state index contributed by atoms with van der Waals surface area (Å²) in [7, 11) is 2.17. The monoisotopic (exact) mass is 462 g/mol. The molecule has 1 aromatic carbocycles. The van der Waals surface area contributed by atoms with Crippen LogP contribution < -0.4 is 0 Å². The lowest BCUT2D eigenvalue weighted by Crippen LogP contribution is -2.51. The Kier molecular flexibility index (Phi) is 7.45. The molecule has 4 rings (SSSR count). The van der Waals surface area contributed by atoms with Crippen molar-refractivity contribution in [2.75, 3.05) is 39.8 Å². The molecule has 168 valence electrons. The van der Waals surface area contributed by atoms with Crippen molar-refractivity contribution < 1.29 is 9.52 Å². The highest BCUT2D eigenvalue weighted by Crippen LogP contribution is 2.41. The first-order valence-corrected chi connectivity index (χ1v) is 12.0. The fraction of sp³-hybridized carbons (Fsp3) is 0.520. The normalized spacial score (nSPS) is 27.5. The Bertz CT molecular complexity index is 871. The molecule has 2 aliphatic rings. The minimum Gasteiger partial charge on any atom is -0.465 e. The quantitative estimate of drug-likeness (QED) is 0.605. The molecule has 2 heterocycles. The van der Waals surface area contributed by atoms with Crippen LogP contribution in [-0.2, 0) is 6.42 Å². The minimum absolute atomic E-state index is 0.158. The van der Waals surface area contributed by atoms with Gasteiger partial charge in [0.05, 0.1) is 11.9 Å². The number of furan rings is 1. The van der Waals surface area contributed by atoms with Gasteiger partial charge in [-0.1, -0.05) is 34.8 Å². The molecule has 1 saturated heterocycles. The van der Waals surface area contributed by atoms with E-state index in [1.165, 1.54) is 5.57 Å². The van der Waals surface area contributed by atoms with Crippen molar-refractivity contribution in [2.24, 2.45) is 5.92 Å². The van der Waals surface area contributed by atoms with Gasteiger partial charge < -0.3 is 19.3 Å². The van der Waals surface area contributed by atoms with Crippen molar-refractivity contribution in [3.8, 4) is 0 Å². The molecule has 2 atom stereocenters. The Hall–Kier alpha value is -1.30. The third kappa shape index (κ3) is 5.74. The van der Waals surface area contributed by atoms with Crippen molar-refractivity contribution >= 4 is 29.3 Å². The van der Waals surface area contributed by atoms with Crippen LogP contribution in [-0.4, -0.2) is 60.3 Å². The fourth-order valence-electron chi connectivity index (χ4n) is 4.99. The molecular formula is C25H32Cl2N2O2. The molecule has 2 aromatic rings. The number of piperazine rings is 1. The number of rotatable bonds is 5. The second-order valence-electron chi connectivity index (χ2n) is 9.17. The summed E-state index contributed by atoms with van der Waals surface area (Å²) in [6.45, 7) is 5.15. The van der Waals surface area contributed by atoms with Gasteiger partial charge in [0, 0.05) is 55.1 Å². The summed E-state index contributed by atoms with van der Waals surface area (Å²) in [4.78, 5) is 4.87. The highest BCUT2D eigenvalue weighted by molar-refractivity contribution is 6.36. The van der Waals surface area contributed by atoms with E-state index >= 15 is 0 Å². The van der Waals surface area contributed by atoms with E-state index in [1.807, 2.05) is 30.3 Å². The summed E-state index contributed by atoms with van der Waals surface area (Å²) in [5, 5.41) is 13.4. The number of benzene rings is 1. The van der Waals surface area contributed by atoms with E-state index in [1.54, 1.807) is 6.26 Å². The molecule has 0 amide bonds. The molecular weight excluding hydrogens is 431 g/mol. The number of likely N-dealkylation sites (N-methyl/N-ethyl adjacent to an activating group) is 1. The number of hydrogen-bond acceptors (Lipinski definition) is 4. The van der Waals surface area contributed by atoms with Gasteiger partial charge in [-0.3, -0.25) is 0 Å². The lowest BCUT2D eigenvalue weighted by Gasteiger charge is -2.41. The molecule has 0 radical (unpaired) electrons. The molecule has 1 N–H and O–H groups in total. The van der Waals surface area contributed by atoms with Crippen LogP contribution in [0.3, 0.4) is 0 Å². The SMILES string of the molecule is CN1CCN(CC2CCC/C(=C/c3ccco3)CC2(O)Cc2c(Cl)cccc2Cl)CC1. The Balaban J connectivity index is 1.62. The highest BCUT2D eigenvalue weighted by Gasteiger charge is 2.41. The zero-order valence-electron chi connectivity index (χ0n) is 18.2. The van der Waals surface area contributed by atoms with Crippen LogP contribution in [0.15, 0.2) is 46.6 Å². The maximum Gasteiger partial charge on any atom is 0.126 e. The molecule has 2 fully saturated rings. The number of hydrogen-bond donors (Lipinski definition) is 1. The van der Waals surface area contributed by atoms with Crippen LogP contribution in [0.2, 0.25) is 10.0 Å². The van der Waals surface area contributed by atoms with Gasteiger partial charge in [-0.05, 0) is 68.6 Å². The summed E-state index contributed by atoms with van der Waals surface area (Å²) < 4.78 is 5.55. The summed E-state index contributed by atoms with van der Waals surface area (Å²) in [6, 6.07) is 9.43. The summed E-state index contributed by atoms with van der Waals surface area (Å²) in [5.74, 6) is 0.997. The van der Waals surface area contributed by atoms with E-state index in [0.29, 0.717) is 22.9 Å². The van der Waals surface area contributed by atoms with Crippen LogP contribution in [0.4, 0.5) is 0 Å². The molecule has 6 heteroatoms. The maximum absolute atomic E-state index is 12.2. The smallest absolute Gasteiger partial charge is 0.126 e. The van der Waals surface area contributed by atoms with Crippen LogP contribution in [0.1, 0.15) is 37.0 Å². The molecule has 31 heavy (non-hydrogen) atoms. The predicted molar refractivity (Wildman–Crippen MR) is 128 cm³/mol. The summed E-state index contributed by atoms with van der Waals surface area (Å²) in [5.41, 5.74) is 1.16. The van der Waals surface area contributed by atoms with Gasteiger partial charge in [0.2, 0.25) is 0 Å². The Labute approximate surface area is 195 Å². The van der Waals surface area contributed by atoms with Crippen LogP contribution in [0.5, 0.6) is 0 Å². The summed E-state index contributed by atoms with van der Waals surface area (Å²) in [6.07, 6.45) is 7.86. The Morgan fingerprint density at radius 2 is 1.87 bits per heavy atom. The predicted octanol–water partition coefficient (Wildman–Crippen LogP) is 5.38. The molecule has 0 spiro atoms. The Morgan fingerprint density at radius 3 is 2.55 bits per heavy atom. The molecule has 1 aromatic heterocycles. The van der Waals surface area contributed by atoms with Crippen molar-refractivity contribution in [2.45, 2.75) is 37.7 Å². The van der Waals surface area contributed by atoms with Gasteiger partial charge in [-0.15, -0.1) is 0 Å². The second kappa shape index (κ2) is 10.1. The first-order valence-electron chi connectivity index (χ1n) is 11.2. The molecule has 4 nitrogen and oxygen atoms in total. The van der Waals surface area contributed by atoms with Crippen molar-refractivity contribution in [1.29, 1.82) is 0 Å². The average molecular weight is 463 g/mol. The lowest BCUT2D eigenvalue weighted by atomic mass is 9.77. The minimum atomic E-state index is -0.910. The fourth-order valence-corrected chi connectivity index (χ4v) is 5.52. The van der Waals surface area contributed by atoms with Gasteiger partial charge >= 0.3 is 0 Å². The first-order chi connectivity index (χ1) is 14.9. The van der Waals surface area contributed by atoms with Gasteiger partial charge in [-0.25, -0.2) is 0 Å². The van der Waals surface area contributed by atoms with E-state index in [4.69, 9.17) is 27.6 Å². The number of nitrogens with zero attached hydrogens (tertiary/aromatic N) is 2. The van der Waals surface area contributed by atoms with Crippen LogP contribution in [0, 0.1) is 5.92 Å². The van der Waals surface area contributed by atoms with Crippen LogP contribution in [0.25, 0.3) is 6.08 Å². The molecule has 1 aliphatic carbocycles. The van der Waals surface area contributed by atoms with E-state index in [9.17, 15) is 5.11 Å². The van der Waals surface area contributed by atoms with Crippen molar-refractivity contribution in [3.05, 3.63) is 63.5 Å². The van der Waals surface area contributed by atoms with Gasteiger partial charge in [0.25, 0.3) is 0 Å². The van der Waals surface area contributed by atoms with E-state index in [-0.39, 0.29) is 5.92 Å². The van der Waals surface area contributed by atoms with Gasteiger partial charge in [0.15, 0.2) is 0 Å². The van der Waals surface area contributed by atoms with E-state index < -0.39 is 5.60 Å². The zero-order valence-corrected chi connectivity index (χ0v) is 19.7. The van der Waals surface area contributed by atoms with E-state index in [2.05, 4.69) is 22.9 Å². The average Bonchev–Trinajstić information content (AvgIpc) is 3.19. The highest BCUT2D eigenvalue weighted by atomic mass is 35.5. The standard InChI is InChI=1S/C25H32Cl2N2O2/c1-28-10-12-29(13-11-28)18-20-6-2-5-19(15-21-7-4-14-31-21)16-25(20,30)17-22-23(26)8-3-9-24(22)27/h3-4,7-9,14-15,20,30H,2,5-6,10-13,16-18H2,1H3/b19-15-. The van der Waals surface area contributed by atoms with Gasteiger partial charge in [0.1, 0.15) is 5.76 Å². The molecule has 0 bridgehead atoms. The second-order valence-corrected chi connectivity index (χ2v) is 9.98. The maximum atomic E-state index is 12.2. The zero-order chi connectivity index (χ0) is 21.8. The van der Waals surface area contributed by atoms with Crippen molar-refractivity contribution in [3.63, 3.8) is 0 Å². The number of halogens is 2. The lowest BCUT2D eigenvalue weighted by molar-refractivity contribution is -0.0347. The molecule has 1 aliphatic heterocycles. The molecule has 2 unspecified atom stereocenters. The summed E-state index contributed by atoms with van der Waals surface area (Å²) >= 11 is 13.0. The largest absolute Gasteiger partial charge is 0.465 e. The van der Waals surface area contributed by atoms with Gasteiger partial charge in [-0.2, -0.15) is 0 Å². The number of aliphatic hydroxyl groups is 1. The Morgan fingerprint density at radius 1 is 1.13 bits per heavy atom. The third-order valence-corrected chi connectivity index (χ3v) is 7.56. The topological polar surface area (TPSA) is 39.9 Å². The van der Waals surface area contributed by atoms with E-state index in [0.717, 1.165) is 63.3 Å².